The van der Waals surface area contributed by atoms with Crippen molar-refractivity contribution in [3.05, 3.63) is 93.5 Å². The number of benzene rings is 3. The zero-order chi connectivity index (χ0) is 20.2. The average Bonchev–Trinajstić information content (AvgIpc) is 3.06. The molecule has 0 amide bonds. The molecule has 3 aromatic rings. The van der Waals surface area contributed by atoms with Crippen molar-refractivity contribution in [1.29, 1.82) is 0 Å². The molecule has 2 atom stereocenters. The van der Waals surface area contributed by atoms with Gasteiger partial charge in [-0.2, -0.15) is 0 Å². The summed E-state index contributed by atoms with van der Waals surface area (Å²) in [6.45, 7) is 1.09. The van der Waals surface area contributed by atoms with Crippen LogP contribution < -0.4 is 14.8 Å². The summed E-state index contributed by atoms with van der Waals surface area (Å²) in [4.78, 5) is 0. The molecule has 0 saturated carbocycles. The lowest BCUT2D eigenvalue weighted by Crippen LogP contribution is -2.28. The van der Waals surface area contributed by atoms with Crippen molar-refractivity contribution in [2.75, 3.05) is 7.11 Å². The first kappa shape index (κ1) is 20.0. The zero-order valence-electron chi connectivity index (χ0n) is 16.3. The van der Waals surface area contributed by atoms with Gasteiger partial charge in [0.2, 0.25) is 0 Å². The van der Waals surface area contributed by atoms with Crippen LogP contribution in [0.25, 0.3) is 0 Å². The molecule has 0 unspecified atom stereocenters. The fourth-order valence-electron chi connectivity index (χ4n) is 3.79. The van der Waals surface area contributed by atoms with Gasteiger partial charge in [-0.1, -0.05) is 54.6 Å². The SMILES string of the molecule is COc1cc(CN[C@@H]2c3ccccc3C[C@@H]2O)cc(Br)c1OCc1ccccc1. The molecule has 0 fully saturated rings. The molecule has 0 spiro atoms. The van der Waals surface area contributed by atoms with Crippen LogP contribution in [0.1, 0.15) is 28.3 Å². The molecular formula is C24H24BrNO3. The lowest BCUT2D eigenvalue weighted by molar-refractivity contribution is 0.140. The van der Waals surface area contributed by atoms with E-state index in [1.807, 2.05) is 54.6 Å². The topological polar surface area (TPSA) is 50.7 Å². The third-order valence-electron chi connectivity index (χ3n) is 5.25. The van der Waals surface area contributed by atoms with E-state index in [1.165, 1.54) is 11.1 Å². The Bertz CT molecular complexity index is 977. The highest BCUT2D eigenvalue weighted by Crippen LogP contribution is 2.38. The fourth-order valence-corrected chi connectivity index (χ4v) is 4.40. The molecular weight excluding hydrogens is 430 g/mol. The van der Waals surface area contributed by atoms with Gasteiger partial charge < -0.3 is 19.9 Å². The quantitative estimate of drug-likeness (QED) is 0.540. The van der Waals surface area contributed by atoms with Crippen LogP contribution in [0.5, 0.6) is 11.5 Å². The maximum atomic E-state index is 10.4. The van der Waals surface area contributed by atoms with Crippen LogP contribution in [0.4, 0.5) is 0 Å². The van der Waals surface area contributed by atoms with Gasteiger partial charge >= 0.3 is 0 Å². The molecule has 0 bridgehead atoms. The van der Waals surface area contributed by atoms with E-state index < -0.39 is 6.10 Å². The van der Waals surface area contributed by atoms with Crippen LogP contribution in [0, 0.1) is 0 Å². The molecule has 2 N–H and O–H groups in total. The van der Waals surface area contributed by atoms with Gasteiger partial charge in [0, 0.05) is 13.0 Å². The van der Waals surface area contributed by atoms with Crippen LogP contribution in [0.15, 0.2) is 71.2 Å². The predicted octanol–water partition coefficient (Wildman–Crippen LogP) is 4.78. The lowest BCUT2D eigenvalue weighted by Gasteiger charge is -2.19. The Morgan fingerprint density at radius 1 is 1.03 bits per heavy atom. The number of ether oxygens (including phenoxy) is 2. The van der Waals surface area contributed by atoms with E-state index in [0.29, 0.717) is 31.1 Å². The summed E-state index contributed by atoms with van der Waals surface area (Å²) in [5, 5.41) is 13.9. The molecule has 1 aliphatic carbocycles. The highest BCUT2D eigenvalue weighted by atomic mass is 79.9. The summed E-state index contributed by atoms with van der Waals surface area (Å²) < 4.78 is 12.4. The van der Waals surface area contributed by atoms with Gasteiger partial charge in [-0.15, -0.1) is 0 Å². The van der Waals surface area contributed by atoms with Gasteiger partial charge in [0.15, 0.2) is 11.5 Å². The lowest BCUT2D eigenvalue weighted by atomic mass is 10.1. The van der Waals surface area contributed by atoms with Gasteiger partial charge in [-0.3, -0.25) is 0 Å². The van der Waals surface area contributed by atoms with Crippen molar-refractivity contribution in [2.24, 2.45) is 0 Å². The number of fused-ring (bicyclic) bond motifs is 1. The Morgan fingerprint density at radius 2 is 1.79 bits per heavy atom. The predicted molar refractivity (Wildman–Crippen MR) is 117 cm³/mol. The summed E-state index contributed by atoms with van der Waals surface area (Å²) in [5.41, 5.74) is 4.54. The van der Waals surface area contributed by atoms with E-state index in [2.05, 4.69) is 33.4 Å². The molecule has 0 aliphatic heterocycles. The second kappa shape index (κ2) is 8.99. The van der Waals surface area contributed by atoms with Crippen LogP contribution in [-0.4, -0.2) is 18.3 Å². The van der Waals surface area contributed by atoms with Crippen LogP contribution in [0.2, 0.25) is 0 Å². The smallest absolute Gasteiger partial charge is 0.175 e. The Balaban J connectivity index is 1.47. The number of halogens is 1. The van der Waals surface area contributed by atoms with Crippen LogP contribution in [-0.2, 0) is 19.6 Å². The van der Waals surface area contributed by atoms with E-state index in [9.17, 15) is 5.11 Å². The highest BCUT2D eigenvalue weighted by Gasteiger charge is 2.30. The summed E-state index contributed by atoms with van der Waals surface area (Å²) in [6, 6.07) is 22.2. The fraction of sp³-hybridized carbons (Fsp3) is 0.250. The second-order valence-corrected chi connectivity index (χ2v) is 8.07. The number of rotatable bonds is 7. The van der Waals surface area contributed by atoms with E-state index in [4.69, 9.17) is 9.47 Å². The highest BCUT2D eigenvalue weighted by molar-refractivity contribution is 9.10. The first-order valence-corrected chi connectivity index (χ1v) is 10.5. The third-order valence-corrected chi connectivity index (χ3v) is 5.83. The largest absolute Gasteiger partial charge is 0.493 e. The van der Waals surface area contributed by atoms with Gasteiger partial charge in [0.1, 0.15) is 6.61 Å². The normalized spacial score (nSPS) is 17.8. The van der Waals surface area contributed by atoms with E-state index in [1.54, 1.807) is 7.11 Å². The minimum atomic E-state index is -0.411. The number of aliphatic hydroxyl groups excluding tert-OH is 1. The Hall–Kier alpha value is -2.34. The second-order valence-electron chi connectivity index (χ2n) is 7.21. The summed E-state index contributed by atoms with van der Waals surface area (Å²) >= 11 is 3.62. The minimum Gasteiger partial charge on any atom is -0.493 e. The Morgan fingerprint density at radius 3 is 2.59 bits per heavy atom. The monoisotopic (exact) mass is 453 g/mol. The number of aliphatic hydroxyl groups is 1. The number of methoxy groups -OCH3 is 1. The third kappa shape index (κ3) is 4.47. The van der Waals surface area contributed by atoms with Crippen molar-refractivity contribution in [3.8, 4) is 11.5 Å². The van der Waals surface area contributed by atoms with E-state index in [-0.39, 0.29) is 6.04 Å². The molecule has 0 radical (unpaired) electrons. The Kier molecular flexibility index (Phi) is 6.19. The van der Waals surface area contributed by atoms with Crippen molar-refractivity contribution in [3.63, 3.8) is 0 Å². The summed E-state index contributed by atoms with van der Waals surface area (Å²) in [5.74, 6) is 1.37. The molecule has 1 aliphatic rings. The molecule has 29 heavy (non-hydrogen) atoms. The Labute approximate surface area is 179 Å². The number of nitrogens with one attached hydrogen (secondary N) is 1. The van der Waals surface area contributed by atoms with Crippen molar-refractivity contribution < 1.29 is 14.6 Å². The summed E-state index contributed by atoms with van der Waals surface area (Å²) in [7, 11) is 1.64. The maximum absolute atomic E-state index is 10.4. The molecule has 0 heterocycles. The van der Waals surface area contributed by atoms with E-state index in [0.717, 1.165) is 15.6 Å². The molecule has 0 saturated heterocycles. The van der Waals surface area contributed by atoms with Crippen molar-refractivity contribution >= 4 is 15.9 Å². The molecule has 3 aromatic carbocycles. The molecule has 0 aromatic heterocycles. The number of hydrogen-bond acceptors (Lipinski definition) is 4. The molecule has 4 rings (SSSR count). The van der Waals surface area contributed by atoms with Gasteiger partial charge in [-0.25, -0.2) is 0 Å². The first-order chi connectivity index (χ1) is 14.2. The van der Waals surface area contributed by atoms with Crippen molar-refractivity contribution in [1.82, 2.24) is 5.32 Å². The maximum Gasteiger partial charge on any atom is 0.175 e. The van der Waals surface area contributed by atoms with Gasteiger partial charge in [0.25, 0.3) is 0 Å². The summed E-state index contributed by atoms with van der Waals surface area (Å²) in [6.07, 6.45) is 0.277. The van der Waals surface area contributed by atoms with Crippen molar-refractivity contribution in [2.45, 2.75) is 31.7 Å². The standard InChI is InChI=1S/C24H24BrNO3/c1-28-22-12-17(11-20(25)24(22)29-15-16-7-3-2-4-8-16)14-26-23-19-10-6-5-9-18(19)13-21(23)27/h2-12,21,23,26-27H,13-15H2,1H3/t21-,23+/m0/s1. The van der Waals surface area contributed by atoms with E-state index >= 15 is 0 Å². The van der Waals surface area contributed by atoms with Crippen LogP contribution in [0.3, 0.4) is 0 Å². The number of hydrogen-bond donors (Lipinski definition) is 2. The van der Waals surface area contributed by atoms with Gasteiger partial charge in [-0.05, 0) is 50.3 Å². The first-order valence-electron chi connectivity index (χ1n) is 9.68. The zero-order valence-corrected chi connectivity index (χ0v) is 17.9. The van der Waals surface area contributed by atoms with Crippen LogP contribution >= 0.6 is 15.9 Å². The van der Waals surface area contributed by atoms with Gasteiger partial charge in [0.05, 0.1) is 23.7 Å². The molecule has 4 nitrogen and oxygen atoms in total. The minimum absolute atomic E-state index is 0.0648. The molecule has 5 heteroatoms. The average molecular weight is 454 g/mol. The molecule has 150 valence electrons.